The van der Waals surface area contributed by atoms with Crippen molar-refractivity contribution in [1.82, 2.24) is 14.5 Å². The van der Waals surface area contributed by atoms with Crippen LogP contribution in [-0.4, -0.2) is 74.7 Å². The van der Waals surface area contributed by atoms with Crippen LogP contribution in [0.15, 0.2) is 53.4 Å². The molecule has 0 spiro atoms. The van der Waals surface area contributed by atoms with Crippen LogP contribution in [0.4, 0.5) is 5.69 Å². The number of hydrogen-bond acceptors (Lipinski definition) is 6. The Hall–Kier alpha value is -3.44. The fourth-order valence-electron chi connectivity index (χ4n) is 3.68. The van der Waals surface area contributed by atoms with E-state index >= 15 is 0 Å². The summed E-state index contributed by atoms with van der Waals surface area (Å²) >= 11 is 0. The number of sulfonamides is 1. The Bertz CT molecular complexity index is 1160. The lowest BCUT2D eigenvalue weighted by Crippen LogP contribution is -2.52. The first-order valence-corrected chi connectivity index (χ1v) is 11.9. The molecule has 1 fully saturated rings. The maximum Gasteiger partial charge on any atom is 0.262 e. The molecule has 33 heavy (non-hydrogen) atoms. The molecule has 11 heteroatoms. The maximum absolute atomic E-state index is 13.0. The van der Waals surface area contributed by atoms with Crippen molar-refractivity contribution in [3.63, 3.8) is 0 Å². The van der Waals surface area contributed by atoms with Crippen LogP contribution in [0.25, 0.3) is 0 Å². The van der Waals surface area contributed by atoms with Gasteiger partial charge in [0.1, 0.15) is 5.75 Å². The van der Waals surface area contributed by atoms with Crippen LogP contribution in [0.5, 0.6) is 5.75 Å². The topological polar surface area (TPSA) is 125 Å². The second kappa shape index (κ2) is 9.59. The lowest BCUT2D eigenvalue weighted by atomic mass is 10.1. The summed E-state index contributed by atoms with van der Waals surface area (Å²) in [5.74, 6) is -0.445. The Morgan fingerprint density at radius 2 is 1.76 bits per heavy atom. The van der Waals surface area contributed by atoms with Gasteiger partial charge in [0.15, 0.2) is 6.61 Å². The summed E-state index contributed by atoms with van der Waals surface area (Å²) in [5, 5.41) is 5.22. The number of carbonyl (C=O) groups excluding carboxylic acids is 3. The number of piperazine rings is 1. The number of carbonyl (C=O) groups is 3. The molecule has 2 aromatic rings. The van der Waals surface area contributed by atoms with Gasteiger partial charge in [0.25, 0.3) is 5.91 Å². The molecule has 0 aliphatic carbocycles. The van der Waals surface area contributed by atoms with Gasteiger partial charge in [0.2, 0.25) is 21.8 Å². The van der Waals surface area contributed by atoms with Gasteiger partial charge in [0.05, 0.1) is 23.5 Å². The van der Waals surface area contributed by atoms with Crippen molar-refractivity contribution in [2.24, 2.45) is 0 Å². The van der Waals surface area contributed by atoms with Gasteiger partial charge in [-0.2, -0.15) is 4.31 Å². The Morgan fingerprint density at radius 3 is 2.48 bits per heavy atom. The highest BCUT2D eigenvalue weighted by molar-refractivity contribution is 7.89. The third kappa shape index (κ3) is 5.32. The fraction of sp³-hybridized carbons (Fsp3) is 0.318. The standard InChI is InChI=1S/C22H24N4O6S/c27-20(12-16-4-2-1-3-5-16)23-14-22(29)25-8-10-26(11-9-25)33(30,31)17-6-7-19-18(13-17)24-21(28)15-32-19/h1-7,13H,8-12,14-15H2,(H,23,27)(H,24,28). The molecule has 0 unspecified atom stereocenters. The van der Waals surface area contributed by atoms with E-state index in [1.807, 2.05) is 30.3 Å². The Balaban J connectivity index is 1.30. The summed E-state index contributed by atoms with van der Waals surface area (Å²) in [7, 11) is -3.80. The van der Waals surface area contributed by atoms with E-state index in [9.17, 15) is 22.8 Å². The van der Waals surface area contributed by atoms with E-state index in [2.05, 4.69) is 10.6 Å². The molecule has 2 aromatic carbocycles. The minimum atomic E-state index is -3.80. The molecule has 2 heterocycles. The minimum Gasteiger partial charge on any atom is -0.482 e. The number of anilines is 1. The zero-order chi connectivity index (χ0) is 23.4. The number of benzene rings is 2. The molecule has 0 radical (unpaired) electrons. The Morgan fingerprint density at radius 1 is 1.03 bits per heavy atom. The summed E-state index contributed by atoms with van der Waals surface area (Å²) in [5.41, 5.74) is 1.17. The van der Waals surface area contributed by atoms with Gasteiger partial charge in [0, 0.05) is 26.2 Å². The van der Waals surface area contributed by atoms with Gasteiger partial charge in [-0.05, 0) is 23.8 Å². The zero-order valence-electron chi connectivity index (χ0n) is 17.8. The van der Waals surface area contributed by atoms with Crippen molar-refractivity contribution in [3.05, 3.63) is 54.1 Å². The van der Waals surface area contributed by atoms with Gasteiger partial charge in [-0.1, -0.05) is 30.3 Å². The van der Waals surface area contributed by atoms with Crippen molar-refractivity contribution in [3.8, 4) is 5.75 Å². The second-order valence-corrected chi connectivity index (χ2v) is 9.66. The average Bonchev–Trinajstić information content (AvgIpc) is 2.82. The smallest absolute Gasteiger partial charge is 0.262 e. The van der Waals surface area contributed by atoms with Crippen LogP contribution in [0.1, 0.15) is 5.56 Å². The summed E-state index contributed by atoms with van der Waals surface area (Å²) in [6.07, 6.45) is 0.187. The van der Waals surface area contributed by atoms with Crippen molar-refractivity contribution in [2.45, 2.75) is 11.3 Å². The number of rotatable bonds is 6. The average molecular weight is 473 g/mol. The molecular formula is C22H24N4O6S. The second-order valence-electron chi connectivity index (χ2n) is 7.72. The normalized spacial score (nSPS) is 16.4. The fourth-order valence-corrected chi connectivity index (χ4v) is 5.13. The molecule has 0 aromatic heterocycles. The summed E-state index contributed by atoms with van der Waals surface area (Å²) < 4.78 is 32.6. The van der Waals surface area contributed by atoms with Crippen LogP contribution in [0, 0.1) is 0 Å². The van der Waals surface area contributed by atoms with E-state index in [0.29, 0.717) is 11.4 Å². The number of hydrogen-bond donors (Lipinski definition) is 2. The molecule has 0 saturated carbocycles. The van der Waals surface area contributed by atoms with Crippen molar-refractivity contribution in [2.75, 3.05) is 44.6 Å². The van der Waals surface area contributed by atoms with Crippen molar-refractivity contribution in [1.29, 1.82) is 0 Å². The molecule has 2 aliphatic heterocycles. The number of amides is 3. The SMILES string of the molecule is O=C(Cc1ccccc1)NCC(=O)N1CCN(S(=O)(=O)c2ccc3c(c2)NC(=O)CO3)CC1. The van der Waals surface area contributed by atoms with Gasteiger partial charge in [-0.15, -0.1) is 0 Å². The minimum absolute atomic E-state index is 0.0417. The van der Waals surface area contributed by atoms with Crippen LogP contribution >= 0.6 is 0 Å². The highest BCUT2D eigenvalue weighted by atomic mass is 32.2. The number of nitrogens with one attached hydrogen (secondary N) is 2. The summed E-state index contributed by atoms with van der Waals surface area (Å²) in [6.45, 7) is 0.456. The molecule has 174 valence electrons. The predicted molar refractivity (Wildman–Crippen MR) is 119 cm³/mol. The van der Waals surface area contributed by atoms with Crippen molar-refractivity contribution < 1.29 is 27.5 Å². The predicted octanol–water partition coefficient (Wildman–Crippen LogP) is 0.209. The highest BCUT2D eigenvalue weighted by Crippen LogP contribution is 2.31. The van der Waals surface area contributed by atoms with Gasteiger partial charge >= 0.3 is 0 Å². The number of ether oxygens (including phenoxy) is 1. The van der Waals surface area contributed by atoms with E-state index < -0.39 is 10.0 Å². The molecule has 2 aliphatic rings. The molecule has 1 saturated heterocycles. The van der Waals surface area contributed by atoms with E-state index in [4.69, 9.17) is 4.74 Å². The lowest BCUT2D eigenvalue weighted by molar-refractivity contribution is -0.133. The monoisotopic (exact) mass is 472 g/mol. The summed E-state index contributed by atoms with van der Waals surface area (Å²) in [6, 6.07) is 13.6. The first-order chi connectivity index (χ1) is 15.8. The molecule has 3 amide bonds. The molecule has 0 atom stereocenters. The van der Waals surface area contributed by atoms with Gasteiger partial charge in [-0.25, -0.2) is 8.42 Å². The molecular weight excluding hydrogens is 448 g/mol. The quantitative estimate of drug-likeness (QED) is 0.619. The van der Waals surface area contributed by atoms with E-state index in [1.54, 1.807) is 0 Å². The largest absolute Gasteiger partial charge is 0.482 e. The third-order valence-electron chi connectivity index (χ3n) is 5.46. The number of nitrogens with zero attached hydrogens (tertiary/aromatic N) is 2. The Kier molecular flexibility index (Phi) is 6.61. The zero-order valence-corrected chi connectivity index (χ0v) is 18.6. The van der Waals surface area contributed by atoms with Crippen molar-refractivity contribution >= 4 is 33.4 Å². The van der Waals surface area contributed by atoms with Crippen LogP contribution < -0.4 is 15.4 Å². The van der Waals surface area contributed by atoms with Crippen LogP contribution in [0.2, 0.25) is 0 Å². The van der Waals surface area contributed by atoms with E-state index in [-0.39, 0.29) is 68.4 Å². The third-order valence-corrected chi connectivity index (χ3v) is 7.35. The van der Waals surface area contributed by atoms with Crippen LogP contribution in [-0.2, 0) is 30.8 Å². The molecule has 4 rings (SSSR count). The van der Waals surface area contributed by atoms with Crippen LogP contribution in [0.3, 0.4) is 0 Å². The Labute approximate surface area is 191 Å². The van der Waals surface area contributed by atoms with Gasteiger partial charge in [-0.3, -0.25) is 14.4 Å². The lowest BCUT2D eigenvalue weighted by Gasteiger charge is -2.34. The molecule has 0 bridgehead atoms. The number of fused-ring (bicyclic) bond motifs is 1. The maximum atomic E-state index is 13.0. The molecule has 10 nitrogen and oxygen atoms in total. The van der Waals surface area contributed by atoms with E-state index in [1.165, 1.54) is 27.4 Å². The summed E-state index contributed by atoms with van der Waals surface area (Å²) in [4.78, 5) is 37.6. The van der Waals surface area contributed by atoms with E-state index in [0.717, 1.165) is 5.56 Å². The van der Waals surface area contributed by atoms with Gasteiger partial charge < -0.3 is 20.3 Å². The molecule has 2 N–H and O–H groups in total. The highest BCUT2D eigenvalue weighted by Gasteiger charge is 2.31. The first kappa shape index (κ1) is 22.7. The first-order valence-electron chi connectivity index (χ1n) is 10.5.